The number of rotatable bonds is 7. The molecule has 0 saturated carbocycles. The SMILES string of the molecule is COc1cccc(-n2nnn(C)c2=O)c1COc1ccc(/C(C)=N\OC(C)(C)C)cc1C. The van der Waals surface area contributed by atoms with Crippen molar-refractivity contribution in [3.8, 4) is 17.2 Å². The van der Waals surface area contributed by atoms with Crippen LogP contribution in [0.2, 0.25) is 0 Å². The molecule has 0 radical (unpaired) electrons. The second-order valence-corrected chi connectivity index (χ2v) is 8.40. The number of oxime groups is 1. The minimum absolute atomic E-state index is 0.183. The third kappa shape index (κ3) is 5.16. The van der Waals surface area contributed by atoms with Crippen molar-refractivity contribution in [1.82, 2.24) is 19.8 Å². The molecule has 0 spiro atoms. The number of aromatic nitrogens is 4. The van der Waals surface area contributed by atoms with Crippen molar-refractivity contribution in [1.29, 1.82) is 0 Å². The van der Waals surface area contributed by atoms with Gasteiger partial charge in [0.15, 0.2) is 0 Å². The highest BCUT2D eigenvalue weighted by atomic mass is 16.6. The molecule has 170 valence electrons. The van der Waals surface area contributed by atoms with E-state index in [-0.39, 0.29) is 17.9 Å². The van der Waals surface area contributed by atoms with Crippen molar-refractivity contribution in [3.63, 3.8) is 0 Å². The van der Waals surface area contributed by atoms with Crippen LogP contribution in [-0.4, -0.2) is 38.2 Å². The number of aryl methyl sites for hydroxylation is 2. The predicted molar refractivity (Wildman–Crippen MR) is 122 cm³/mol. The maximum absolute atomic E-state index is 12.4. The molecule has 32 heavy (non-hydrogen) atoms. The summed E-state index contributed by atoms with van der Waals surface area (Å²) in [6, 6.07) is 11.2. The fourth-order valence-electron chi connectivity index (χ4n) is 3.00. The molecule has 0 aliphatic carbocycles. The quantitative estimate of drug-likeness (QED) is 0.414. The molecule has 0 unspecified atom stereocenters. The third-order valence-electron chi connectivity index (χ3n) is 4.70. The molecule has 0 N–H and O–H groups in total. The van der Waals surface area contributed by atoms with Crippen molar-refractivity contribution in [3.05, 3.63) is 63.6 Å². The van der Waals surface area contributed by atoms with E-state index in [1.54, 1.807) is 26.3 Å². The summed E-state index contributed by atoms with van der Waals surface area (Å²) in [6.45, 7) is 9.91. The first-order valence-corrected chi connectivity index (χ1v) is 10.2. The first-order chi connectivity index (χ1) is 15.1. The van der Waals surface area contributed by atoms with Crippen molar-refractivity contribution in [2.45, 2.75) is 46.8 Å². The lowest BCUT2D eigenvalue weighted by atomic mass is 10.1. The summed E-state index contributed by atoms with van der Waals surface area (Å²) in [6.07, 6.45) is 0. The topological polar surface area (TPSA) is 92.8 Å². The van der Waals surface area contributed by atoms with Crippen LogP contribution in [-0.2, 0) is 18.5 Å². The molecule has 0 amide bonds. The van der Waals surface area contributed by atoms with Crippen LogP contribution in [0.25, 0.3) is 5.69 Å². The summed E-state index contributed by atoms with van der Waals surface area (Å²) in [5, 5.41) is 12.0. The second-order valence-electron chi connectivity index (χ2n) is 8.40. The zero-order valence-corrected chi connectivity index (χ0v) is 19.5. The molecule has 2 aromatic carbocycles. The zero-order valence-electron chi connectivity index (χ0n) is 19.5. The van der Waals surface area contributed by atoms with E-state index in [4.69, 9.17) is 14.3 Å². The van der Waals surface area contributed by atoms with Crippen LogP contribution in [0.4, 0.5) is 0 Å². The van der Waals surface area contributed by atoms with Gasteiger partial charge in [-0.3, -0.25) is 0 Å². The minimum atomic E-state index is -0.354. The van der Waals surface area contributed by atoms with E-state index in [0.717, 1.165) is 16.8 Å². The first kappa shape index (κ1) is 23.1. The van der Waals surface area contributed by atoms with Crippen LogP contribution in [0, 0.1) is 6.92 Å². The molecular formula is C23H29N5O4. The van der Waals surface area contributed by atoms with Crippen LogP contribution in [0.3, 0.4) is 0 Å². The number of hydrogen-bond acceptors (Lipinski definition) is 7. The van der Waals surface area contributed by atoms with Gasteiger partial charge in [0.1, 0.15) is 23.7 Å². The van der Waals surface area contributed by atoms with Gasteiger partial charge in [0.2, 0.25) is 0 Å². The highest BCUT2D eigenvalue weighted by molar-refractivity contribution is 5.98. The van der Waals surface area contributed by atoms with Crippen LogP contribution in [0.5, 0.6) is 11.5 Å². The van der Waals surface area contributed by atoms with E-state index >= 15 is 0 Å². The van der Waals surface area contributed by atoms with Crippen molar-refractivity contribution >= 4 is 5.71 Å². The van der Waals surface area contributed by atoms with E-state index in [1.807, 2.05) is 58.9 Å². The van der Waals surface area contributed by atoms with Gasteiger partial charge in [-0.05, 0) is 86.5 Å². The lowest BCUT2D eigenvalue weighted by Crippen LogP contribution is -2.23. The molecule has 1 heterocycles. The number of ether oxygens (including phenoxy) is 2. The first-order valence-electron chi connectivity index (χ1n) is 10.2. The molecular weight excluding hydrogens is 410 g/mol. The van der Waals surface area contributed by atoms with Gasteiger partial charge in [-0.1, -0.05) is 11.2 Å². The van der Waals surface area contributed by atoms with Gasteiger partial charge in [-0.25, -0.2) is 4.79 Å². The standard InChI is InChI=1S/C23H29N5O4/c1-15-13-17(16(2)24-32-23(3,4)5)11-12-20(15)31-14-18-19(9-8-10-21(18)30-7)28-22(29)27(6)25-26-28/h8-13H,14H2,1-7H3/b24-16-. The summed E-state index contributed by atoms with van der Waals surface area (Å²) in [5.41, 5.74) is 3.22. The van der Waals surface area contributed by atoms with E-state index in [0.29, 0.717) is 22.7 Å². The maximum Gasteiger partial charge on any atom is 0.368 e. The largest absolute Gasteiger partial charge is 0.496 e. The lowest BCUT2D eigenvalue weighted by Gasteiger charge is -2.17. The van der Waals surface area contributed by atoms with Gasteiger partial charge >= 0.3 is 5.69 Å². The molecule has 1 aromatic heterocycles. The van der Waals surface area contributed by atoms with Gasteiger partial charge in [-0.15, -0.1) is 0 Å². The minimum Gasteiger partial charge on any atom is -0.496 e. The normalized spacial score (nSPS) is 12.0. The molecule has 0 bridgehead atoms. The van der Waals surface area contributed by atoms with Gasteiger partial charge in [0, 0.05) is 7.05 Å². The Bertz CT molecular complexity index is 1190. The van der Waals surface area contributed by atoms with Crippen LogP contribution < -0.4 is 15.2 Å². The summed E-state index contributed by atoms with van der Waals surface area (Å²) in [7, 11) is 3.12. The molecule has 0 saturated heterocycles. The molecule has 0 atom stereocenters. The lowest BCUT2D eigenvalue weighted by molar-refractivity contribution is 0.000954. The average molecular weight is 440 g/mol. The fraction of sp³-hybridized carbons (Fsp3) is 0.391. The van der Waals surface area contributed by atoms with Crippen LogP contribution in [0.15, 0.2) is 46.3 Å². The van der Waals surface area contributed by atoms with Crippen molar-refractivity contribution in [2.75, 3.05) is 7.11 Å². The maximum atomic E-state index is 12.4. The second kappa shape index (κ2) is 9.25. The Morgan fingerprint density at radius 3 is 2.47 bits per heavy atom. The Balaban J connectivity index is 1.86. The van der Waals surface area contributed by atoms with Crippen LogP contribution >= 0.6 is 0 Å². The number of nitrogens with zero attached hydrogens (tertiary/aromatic N) is 5. The number of benzene rings is 2. The smallest absolute Gasteiger partial charge is 0.368 e. The number of hydrogen-bond donors (Lipinski definition) is 0. The molecule has 3 aromatic rings. The Labute approximate surface area is 187 Å². The molecule has 9 heteroatoms. The van der Waals surface area contributed by atoms with E-state index < -0.39 is 0 Å². The van der Waals surface area contributed by atoms with E-state index in [9.17, 15) is 4.79 Å². The van der Waals surface area contributed by atoms with Gasteiger partial charge < -0.3 is 14.3 Å². The summed E-state index contributed by atoms with van der Waals surface area (Å²) >= 11 is 0. The molecule has 9 nitrogen and oxygen atoms in total. The summed E-state index contributed by atoms with van der Waals surface area (Å²) < 4.78 is 14.0. The van der Waals surface area contributed by atoms with Gasteiger partial charge in [0.05, 0.1) is 24.1 Å². The Kier molecular flexibility index (Phi) is 6.67. The van der Waals surface area contributed by atoms with Gasteiger partial charge in [-0.2, -0.15) is 9.36 Å². The molecule has 0 aliphatic heterocycles. The highest BCUT2D eigenvalue weighted by Gasteiger charge is 2.17. The third-order valence-corrected chi connectivity index (χ3v) is 4.70. The summed E-state index contributed by atoms with van der Waals surface area (Å²) in [5.74, 6) is 1.30. The van der Waals surface area contributed by atoms with E-state index in [1.165, 1.54) is 9.36 Å². The van der Waals surface area contributed by atoms with Crippen molar-refractivity contribution in [2.24, 2.45) is 12.2 Å². The zero-order chi connectivity index (χ0) is 23.5. The number of methoxy groups -OCH3 is 1. The predicted octanol–water partition coefficient (Wildman–Crippen LogP) is 3.40. The van der Waals surface area contributed by atoms with E-state index in [2.05, 4.69) is 15.6 Å². The Morgan fingerprint density at radius 1 is 1.12 bits per heavy atom. The van der Waals surface area contributed by atoms with Crippen molar-refractivity contribution < 1.29 is 14.3 Å². The van der Waals surface area contributed by atoms with Gasteiger partial charge in [0.25, 0.3) is 0 Å². The Hall–Kier alpha value is -3.62. The molecule has 3 rings (SSSR count). The van der Waals surface area contributed by atoms with Crippen LogP contribution in [0.1, 0.15) is 44.4 Å². The monoisotopic (exact) mass is 439 g/mol. The summed E-state index contributed by atoms with van der Waals surface area (Å²) in [4.78, 5) is 17.9. The molecule has 0 aliphatic rings. The fourth-order valence-corrected chi connectivity index (χ4v) is 3.00. The highest BCUT2D eigenvalue weighted by Crippen LogP contribution is 2.27. The Morgan fingerprint density at radius 2 is 1.88 bits per heavy atom. The average Bonchev–Trinajstić information content (AvgIpc) is 3.08. The molecule has 0 fully saturated rings. The number of tetrazole rings is 1.